The molecule has 0 unspecified atom stereocenters. The summed E-state index contributed by atoms with van der Waals surface area (Å²) in [7, 11) is 3.64. The molecule has 0 fully saturated rings. The summed E-state index contributed by atoms with van der Waals surface area (Å²) >= 11 is 12.5. The third kappa shape index (κ3) is 19.1. The van der Waals surface area contributed by atoms with Gasteiger partial charge in [0.2, 0.25) is 5.91 Å². The van der Waals surface area contributed by atoms with E-state index in [1.807, 2.05) is 148 Å². The molecule has 0 aliphatic carbocycles. The topological polar surface area (TPSA) is 184 Å². The molecule has 0 saturated carbocycles. The number of carbonyl (C=O) groups excluding carboxylic acids is 1. The Bertz CT molecular complexity index is 5990. The van der Waals surface area contributed by atoms with Crippen LogP contribution in [0.1, 0.15) is 11.1 Å². The van der Waals surface area contributed by atoms with Crippen LogP contribution in [0.3, 0.4) is 0 Å². The van der Waals surface area contributed by atoms with Crippen molar-refractivity contribution in [3.63, 3.8) is 0 Å². The molecular weight excluding hydrogens is 1470 g/mol. The van der Waals surface area contributed by atoms with E-state index >= 15 is 0 Å². The Balaban J connectivity index is 0.000000130. The number of halogens is 10. The van der Waals surface area contributed by atoms with Crippen molar-refractivity contribution < 1.29 is 39.9 Å². The van der Waals surface area contributed by atoms with Crippen LogP contribution in [0.4, 0.5) is 86.3 Å². The predicted octanol–water partition coefficient (Wildman–Crippen LogP) is 23.3. The highest BCUT2D eigenvalue weighted by Gasteiger charge is 2.32. The number of nitrogens with zero attached hydrogens (tertiary/aromatic N) is 9. The Morgan fingerprint density at radius 1 is 0.369 bits per heavy atom. The Labute approximate surface area is 640 Å². The minimum Gasteiger partial charge on any atom is -0.355 e. The fourth-order valence-corrected chi connectivity index (χ4v) is 12.2. The van der Waals surface area contributed by atoms with Crippen LogP contribution >= 0.6 is 23.2 Å². The molecule has 0 aliphatic rings. The van der Waals surface area contributed by atoms with Crippen molar-refractivity contribution in [2.75, 3.05) is 47.2 Å². The van der Waals surface area contributed by atoms with Gasteiger partial charge in [-0.25, -0.2) is 28.7 Å². The second-order valence-electron chi connectivity index (χ2n) is 25.1. The van der Waals surface area contributed by atoms with Crippen molar-refractivity contribution in [2.24, 2.45) is 0 Å². The average molecular weight is 1530 g/mol. The molecule has 25 heteroatoms. The zero-order valence-electron chi connectivity index (χ0n) is 58.7. The fraction of sp³-hybridized carbons (Fsp3) is 0.0581. The van der Waals surface area contributed by atoms with Crippen LogP contribution in [0.2, 0.25) is 10.0 Å². The van der Waals surface area contributed by atoms with Gasteiger partial charge in [-0.3, -0.25) is 24.7 Å². The first kappa shape index (κ1) is 75.9. The number of hydrogen-bond acceptors (Lipinski definition) is 14. The van der Waals surface area contributed by atoms with Gasteiger partial charge in [0.15, 0.2) is 0 Å². The predicted molar refractivity (Wildman–Crippen MR) is 426 cm³/mol. The molecule has 8 aromatic heterocycles. The third-order valence-electron chi connectivity index (χ3n) is 17.0. The number of benzene rings is 8. The van der Waals surface area contributed by atoms with Crippen LogP contribution in [0.25, 0.3) is 88.6 Å². The van der Waals surface area contributed by atoms with E-state index in [0.29, 0.717) is 71.9 Å². The number of alkyl halides is 6. The van der Waals surface area contributed by atoms with Crippen molar-refractivity contribution in [1.29, 1.82) is 0 Å². The SMILES string of the molecule is CN(C)CC(=O)Nc1cnccc1Nc1cc(-c2cc(Cl)ccc2F)nc2ccccc12.Clc1ccccc1-c1cc(Nc2ccncc2)c2ccccc2n1.FC(F)(F)c1cccc(-c2cc(Nc3ccncc3)c3ccccc3n2)c1.Fc1ccc(C(F)(F)F)cc1-c1cc(Nc2ccncc2)c2ccccc2n1. The number of hydrogen-bond donors (Lipinski definition) is 5. The van der Waals surface area contributed by atoms with E-state index in [1.54, 1.807) is 115 Å². The van der Waals surface area contributed by atoms with E-state index in [0.717, 1.165) is 97.1 Å². The monoisotopic (exact) mass is 1530 g/mol. The molecule has 0 spiro atoms. The maximum Gasteiger partial charge on any atom is 0.416 e. The van der Waals surface area contributed by atoms with Crippen LogP contribution in [0.5, 0.6) is 0 Å². The number of likely N-dealkylation sites (N-methyl/N-ethyl adjacent to an activating group) is 1. The molecule has 1 amide bonds. The molecule has 16 aromatic rings. The number of nitrogens with one attached hydrogen (secondary N) is 5. The molecule has 0 bridgehead atoms. The van der Waals surface area contributed by atoms with Gasteiger partial charge in [0.1, 0.15) is 11.6 Å². The van der Waals surface area contributed by atoms with Crippen molar-refractivity contribution in [3.05, 3.63) is 331 Å². The number of rotatable bonds is 15. The van der Waals surface area contributed by atoms with Gasteiger partial charge in [-0.2, -0.15) is 26.3 Å². The van der Waals surface area contributed by atoms with Gasteiger partial charge in [-0.15, -0.1) is 0 Å². The quantitative estimate of drug-likeness (QED) is 0.0611. The standard InChI is InChI=1S/C24H21ClFN5O.C21H13F4N3.C21H14F3N3.C20H14ClN3/c1-31(2)14-24(32)30-23-13-27-10-9-20(23)29-21-12-22(17-11-15(25)7-8-18(17)26)28-19-6-4-3-5-16(19)21;22-17-6-5-13(21(23,24)25)11-16(17)20-12-19(27-14-7-9-26-10-8-14)15-3-1-2-4-18(15)28-20;22-21(23,24)15-5-3-4-14(12-15)19-13-20(26-16-8-10-25-11-9-16)17-6-1-2-7-18(17)27-19;21-17-7-3-1-5-15(17)19-13-20(23-14-9-11-22-12-10-14)16-6-2-4-8-18(16)24-19/h3-13H,14H2,1-2H3,(H,30,32)(H,27,28,29);1-12H,(H,26,27,28);1-13H,(H,25,26,27);1-13H,(H,22,23,24). The molecule has 8 aromatic carbocycles. The molecule has 0 saturated heterocycles. The summed E-state index contributed by atoms with van der Waals surface area (Å²) in [5.41, 5.74) is 11.3. The molecule has 0 radical (unpaired) electrons. The highest BCUT2D eigenvalue weighted by atomic mass is 35.5. The number of amides is 1. The molecule has 111 heavy (non-hydrogen) atoms. The summed E-state index contributed by atoms with van der Waals surface area (Å²) in [4.78, 5) is 48.5. The molecular formula is C86H62Cl2F8N14O. The molecule has 5 N–H and O–H groups in total. The lowest BCUT2D eigenvalue weighted by Crippen LogP contribution is -2.27. The van der Waals surface area contributed by atoms with Crippen LogP contribution in [-0.4, -0.2) is 71.3 Å². The minimum absolute atomic E-state index is 0.110. The van der Waals surface area contributed by atoms with Gasteiger partial charge in [-0.1, -0.05) is 126 Å². The number of anilines is 9. The lowest BCUT2D eigenvalue weighted by atomic mass is 10.0. The van der Waals surface area contributed by atoms with Gasteiger partial charge in [0.05, 0.1) is 103 Å². The Hall–Kier alpha value is -13.4. The van der Waals surface area contributed by atoms with Crippen molar-refractivity contribution >= 4 is 124 Å². The van der Waals surface area contributed by atoms with Gasteiger partial charge in [0.25, 0.3) is 0 Å². The first-order valence-corrected chi connectivity index (χ1v) is 34.9. The summed E-state index contributed by atoms with van der Waals surface area (Å²) < 4.78 is 107. The average Bonchev–Trinajstić information content (AvgIpc) is 0.798. The minimum atomic E-state index is -4.57. The summed E-state index contributed by atoms with van der Waals surface area (Å²) in [6.07, 6.45) is 4.32. The number of para-hydroxylation sites is 4. The number of carbonyl (C=O) groups is 1. The molecule has 552 valence electrons. The second kappa shape index (κ2) is 34.3. The lowest BCUT2D eigenvalue weighted by molar-refractivity contribution is -0.138. The van der Waals surface area contributed by atoms with Crippen LogP contribution in [0.15, 0.2) is 298 Å². The lowest BCUT2D eigenvalue weighted by Gasteiger charge is -2.16. The van der Waals surface area contributed by atoms with Gasteiger partial charge < -0.3 is 31.5 Å². The first-order valence-electron chi connectivity index (χ1n) is 34.1. The summed E-state index contributed by atoms with van der Waals surface area (Å²) in [6.45, 7) is 0.241. The molecule has 16 rings (SSSR count). The Kier molecular flexibility index (Phi) is 23.4. The number of fused-ring (bicyclic) bond motifs is 4. The highest BCUT2D eigenvalue weighted by Crippen LogP contribution is 2.40. The fourth-order valence-electron chi connectivity index (χ4n) is 11.8. The molecule has 0 aliphatic heterocycles. The number of aromatic nitrogens is 8. The van der Waals surface area contributed by atoms with E-state index in [1.165, 1.54) is 18.2 Å². The Morgan fingerprint density at radius 2 is 0.766 bits per heavy atom. The normalized spacial score (nSPS) is 11.2. The first-order chi connectivity index (χ1) is 53.6. The molecule has 15 nitrogen and oxygen atoms in total. The molecule has 8 heterocycles. The maximum atomic E-state index is 14.5. The maximum absolute atomic E-state index is 14.5. The van der Waals surface area contributed by atoms with E-state index in [4.69, 9.17) is 28.2 Å². The van der Waals surface area contributed by atoms with Gasteiger partial charge in [0, 0.05) is 114 Å². The van der Waals surface area contributed by atoms with E-state index in [2.05, 4.69) is 67.5 Å². The zero-order chi connectivity index (χ0) is 77.6. The smallest absolute Gasteiger partial charge is 0.355 e. The summed E-state index contributed by atoms with van der Waals surface area (Å²) in [6, 6.07) is 69.8. The van der Waals surface area contributed by atoms with Crippen LogP contribution < -0.4 is 26.6 Å². The molecule has 0 atom stereocenters. The zero-order valence-corrected chi connectivity index (χ0v) is 60.2. The summed E-state index contributed by atoms with van der Waals surface area (Å²) in [5.74, 6) is -1.35. The van der Waals surface area contributed by atoms with Crippen molar-refractivity contribution in [3.8, 4) is 45.0 Å². The van der Waals surface area contributed by atoms with Crippen LogP contribution in [0, 0.1) is 11.6 Å². The van der Waals surface area contributed by atoms with Gasteiger partial charge >= 0.3 is 12.4 Å². The van der Waals surface area contributed by atoms with Crippen molar-refractivity contribution in [2.45, 2.75) is 12.4 Å². The second-order valence-corrected chi connectivity index (χ2v) is 25.9. The van der Waals surface area contributed by atoms with Crippen LogP contribution in [-0.2, 0) is 17.1 Å². The van der Waals surface area contributed by atoms with Crippen molar-refractivity contribution in [1.82, 2.24) is 44.8 Å². The van der Waals surface area contributed by atoms with E-state index in [9.17, 15) is 39.9 Å². The van der Waals surface area contributed by atoms with Gasteiger partial charge in [-0.05, 0) is 160 Å². The van der Waals surface area contributed by atoms with E-state index in [-0.39, 0.29) is 23.7 Å². The number of pyridine rings is 8. The Morgan fingerprint density at radius 3 is 1.23 bits per heavy atom. The largest absolute Gasteiger partial charge is 0.416 e. The van der Waals surface area contributed by atoms with E-state index < -0.39 is 35.1 Å². The summed E-state index contributed by atoms with van der Waals surface area (Å²) in [5, 5.41) is 20.8. The third-order valence-corrected chi connectivity index (χ3v) is 17.5. The highest BCUT2D eigenvalue weighted by molar-refractivity contribution is 6.33.